The highest BCUT2D eigenvalue weighted by atomic mass is 16.4. The van der Waals surface area contributed by atoms with E-state index < -0.39 is 41.8 Å². The van der Waals surface area contributed by atoms with Crippen molar-refractivity contribution in [1.82, 2.24) is 21.3 Å². The van der Waals surface area contributed by atoms with Gasteiger partial charge in [-0.3, -0.25) is 15.4 Å². The van der Waals surface area contributed by atoms with Gasteiger partial charge >= 0.3 is 12.2 Å². The van der Waals surface area contributed by atoms with Crippen molar-refractivity contribution in [3.63, 3.8) is 0 Å². The van der Waals surface area contributed by atoms with Gasteiger partial charge in [-0.05, 0) is 29.4 Å². The van der Waals surface area contributed by atoms with Crippen LogP contribution < -0.4 is 21.3 Å². The smallest absolute Gasteiger partial charge is 0.411 e. The first kappa shape index (κ1) is 31.5. The lowest BCUT2D eigenvalue weighted by molar-refractivity contribution is -0.124. The predicted molar refractivity (Wildman–Crippen MR) is 148 cm³/mol. The minimum atomic E-state index is -1.50. The van der Waals surface area contributed by atoms with E-state index in [2.05, 4.69) is 16.0 Å². The molecule has 0 saturated heterocycles. The molecule has 0 radical (unpaired) electrons. The van der Waals surface area contributed by atoms with Gasteiger partial charge in [-0.1, -0.05) is 88.4 Å². The second kappa shape index (κ2) is 15.0. The van der Waals surface area contributed by atoms with E-state index in [1.807, 2.05) is 79.8 Å². The Morgan fingerprint density at radius 2 is 1.41 bits per heavy atom. The van der Waals surface area contributed by atoms with E-state index in [0.29, 0.717) is 6.42 Å². The molecule has 10 nitrogen and oxygen atoms in total. The number of hydrogen-bond donors (Lipinski definition) is 6. The Balaban J connectivity index is 2.69. The number of amides is 3. The van der Waals surface area contributed by atoms with Crippen molar-refractivity contribution in [3.8, 4) is 0 Å². The Bertz CT molecular complexity index is 1080. The van der Waals surface area contributed by atoms with Gasteiger partial charge in [-0.15, -0.1) is 0 Å². The molecule has 2 rings (SSSR count). The van der Waals surface area contributed by atoms with Gasteiger partial charge in [0.05, 0.1) is 12.1 Å². The molecular formula is C29H40N4O6. The zero-order valence-electron chi connectivity index (χ0n) is 22.9. The molecular weight excluding hydrogens is 500 g/mol. The van der Waals surface area contributed by atoms with E-state index in [1.54, 1.807) is 13.8 Å². The summed E-state index contributed by atoms with van der Waals surface area (Å²) in [5, 5.41) is 30.4. The van der Waals surface area contributed by atoms with Crippen LogP contribution in [0.5, 0.6) is 0 Å². The Kier molecular flexibility index (Phi) is 12.1. The van der Waals surface area contributed by atoms with Crippen molar-refractivity contribution in [2.45, 2.75) is 58.3 Å². The molecule has 2 aromatic rings. The number of nitrogens with one attached hydrogen (secondary N) is 4. The molecule has 0 spiro atoms. The molecule has 0 aliphatic carbocycles. The number of carbonyl (C=O) groups is 4. The molecule has 0 saturated carbocycles. The Morgan fingerprint density at radius 3 is 1.87 bits per heavy atom. The Morgan fingerprint density at radius 1 is 0.846 bits per heavy atom. The molecule has 0 fully saturated rings. The molecule has 0 heterocycles. The molecule has 0 bridgehead atoms. The lowest BCUT2D eigenvalue weighted by Crippen LogP contribution is -2.71. The SMILES string of the molecule is CC(C)C(C=O)NC[C@H](Cc1ccccc1)C(Cc1ccccc1)(NC(=O)O)N[C@H](C(=O)NC(=O)O)C(C)C. The first-order valence-corrected chi connectivity index (χ1v) is 13.1. The number of benzene rings is 2. The van der Waals surface area contributed by atoms with Gasteiger partial charge in [-0.2, -0.15) is 0 Å². The fraction of sp³-hybridized carbons (Fsp3) is 0.448. The molecule has 0 aliphatic rings. The van der Waals surface area contributed by atoms with Crippen molar-refractivity contribution in [3.05, 3.63) is 71.8 Å². The number of carboxylic acid groups (broad SMARTS) is 2. The largest absolute Gasteiger partial charge is 0.465 e. The van der Waals surface area contributed by atoms with Crippen LogP contribution in [-0.4, -0.2) is 58.9 Å². The van der Waals surface area contributed by atoms with Crippen LogP contribution in [0.4, 0.5) is 9.59 Å². The zero-order valence-corrected chi connectivity index (χ0v) is 22.9. The standard InChI is InChI=1S/C29H40N4O6/c1-19(2)24(18-34)30-17-23(15-21-11-7-5-8-12-21)29(33-28(38)39,16-22-13-9-6-10-14-22)32-25(20(3)4)26(35)31-27(36)37/h5-14,18-20,23-25,30,32-33H,15-17H2,1-4H3,(H,31,35)(H,36,37)(H,38,39)/t23-,24?,25-,29?/m0/s1. The van der Waals surface area contributed by atoms with E-state index in [-0.39, 0.29) is 24.8 Å². The summed E-state index contributed by atoms with van der Waals surface area (Å²) in [6.07, 6.45) is -1.44. The van der Waals surface area contributed by atoms with Crippen molar-refractivity contribution in [2.75, 3.05) is 6.54 Å². The highest BCUT2D eigenvalue weighted by Gasteiger charge is 2.44. The molecule has 212 valence electrons. The van der Waals surface area contributed by atoms with Crippen LogP contribution in [0, 0.1) is 17.8 Å². The summed E-state index contributed by atoms with van der Waals surface area (Å²) in [6.45, 7) is 7.54. The van der Waals surface area contributed by atoms with Crippen LogP contribution in [0.15, 0.2) is 60.7 Å². The first-order chi connectivity index (χ1) is 18.5. The highest BCUT2D eigenvalue weighted by molar-refractivity contribution is 5.94. The number of aldehydes is 1. The molecule has 6 N–H and O–H groups in total. The minimum Gasteiger partial charge on any atom is -0.465 e. The monoisotopic (exact) mass is 540 g/mol. The van der Waals surface area contributed by atoms with Crippen molar-refractivity contribution < 1.29 is 29.4 Å². The maximum Gasteiger partial charge on any atom is 0.411 e. The van der Waals surface area contributed by atoms with E-state index in [0.717, 1.165) is 17.4 Å². The van der Waals surface area contributed by atoms with Gasteiger partial charge in [0.1, 0.15) is 11.9 Å². The fourth-order valence-corrected chi connectivity index (χ4v) is 4.64. The van der Waals surface area contributed by atoms with Crippen LogP contribution in [0.1, 0.15) is 38.8 Å². The summed E-state index contributed by atoms with van der Waals surface area (Å²) in [6, 6.07) is 17.2. The van der Waals surface area contributed by atoms with Crippen LogP contribution >= 0.6 is 0 Å². The number of carbonyl (C=O) groups excluding carboxylic acids is 2. The van der Waals surface area contributed by atoms with Crippen molar-refractivity contribution >= 4 is 24.4 Å². The maximum atomic E-state index is 13.0. The summed E-state index contributed by atoms with van der Waals surface area (Å²) in [5.74, 6) is -1.70. The molecule has 10 heteroatoms. The molecule has 0 aliphatic heterocycles. The Labute approximate surface area is 229 Å². The molecule has 2 aromatic carbocycles. The van der Waals surface area contributed by atoms with Crippen LogP contribution in [0.3, 0.4) is 0 Å². The molecule has 3 amide bonds. The van der Waals surface area contributed by atoms with Gasteiger partial charge < -0.3 is 25.6 Å². The topological polar surface area (TPSA) is 157 Å². The van der Waals surface area contributed by atoms with Gasteiger partial charge in [-0.25, -0.2) is 9.59 Å². The normalized spacial score (nSPS) is 15.1. The maximum absolute atomic E-state index is 13.0. The summed E-state index contributed by atoms with van der Waals surface area (Å²) < 4.78 is 0. The number of imide groups is 1. The van der Waals surface area contributed by atoms with E-state index in [9.17, 15) is 29.4 Å². The van der Waals surface area contributed by atoms with E-state index in [1.165, 1.54) is 0 Å². The molecule has 2 unspecified atom stereocenters. The molecule has 0 aromatic heterocycles. The van der Waals surface area contributed by atoms with Crippen LogP contribution in [0.2, 0.25) is 0 Å². The van der Waals surface area contributed by atoms with Gasteiger partial charge in [0.2, 0.25) is 5.91 Å². The summed E-state index contributed by atoms with van der Waals surface area (Å²) in [7, 11) is 0. The third-order valence-corrected chi connectivity index (χ3v) is 6.73. The number of rotatable bonds is 15. The Hall–Kier alpha value is -3.76. The van der Waals surface area contributed by atoms with Crippen molar-refractivity contribution in [1.29, 1.82) is 0 Å². The lowest BCUT2D eigenvalue weighted by atomic mass is 9.80. The predicted octanol–water partition coefficient (Wildman–Crippen LogP) is 3.27. The third kappa shape index (κ3) is 9.81. The third-order valence-electron chi connectivity index (χ3n) is 6.73. The average molecular weight is 541 g/mol. The van der Waals surface area contributed by atoms with E-state index >= 15 is 0 Å². The highest BCUT2D eigenvalue weighted by Crippen LogP contribution is 2.27. The number of hydrogen-bond acceptors (Lipinski definition) is 6. The average Bonchev–Trinajstić information content (AvgIpc) is 2.86. The minimum absolute atomic E-state index is 0.00597. The second-order valence-corrected chi connectivity index (χ2v) is 10.4. The zero-order chi connectivity index (χ0) is 29.0. The molecule has 39 heavy (non-hydrogen) atoms. The van der Waals surface area contributed by atoms with Gasteiger partial charge in [0, 0.05) is 18.9 Å². The summed E-state index contributed by atoms with van der Waals surface area (Å²) >= 11 is 0. The van der Waals surface area contributed by atoms with Crippen molar-refractivity contribution in [2.24, 2.45) is 17.8 Å². The van der Waals surface area contributed by atoms with Gasteiger partial charge in [0.15, 0.2) is 0 Å². The fourth-order valence-electron chi connectivity index (χ4n) is 4.64. The van der Waals surface area contributed by atoms with Gasteiger partial charge in [0.25, 0.3) is 0 Å². The molecule has 4 atom stereocenters. The summed E-state index contributed by atoms with van der Waals surface area (Å²) in [4.78, 5) is 48.4. The van der Waals surface area contributed by atoms with Crippen LogP contribution in [0.25, 0.3) is 0 Å². The van der Waals surface area contributed by atoms with E-state index in [4.69, 9.17) is 0 Å². The summed E-state index contributed by atoms with van der Waals surface area (Å²) in [5.41, 5.74) is 0.290. The van der Waals surface area contributed by atoms with Crippen LogP contribution in [-0.2, 0) is 22.4 Å². The quantitative estimate of drug-likeness (QED) is 0.148. The first-order valence-electron chi connectivity index (χ1n) is 13.1. The second-order valence-electron chi connectivity index (χ2n) is 10.4. The lowest BCUT2D eigenvalue weighted by Gasteiger charge is -2.45.